The SMILES string of the molecule is CS(=O)(=O)O/N=C(/Cl)c1cccc([N+](=O)[O-])c1.Nc1ccc2[nH]ncc2c1Cl.O=[N+]([O-])c1cccc(-c2nsc(Cc3ccc4[nH]ncc4c3Cl)n2)c1. The van der Waals surface area contributed by atoms with Crippen molar-refractivity contribution in [1.82, 2.24) is 29.8 Å². The summed E-state index contributed by atoms with van der Waals surface area (Å²) in [6.07, 6.45) is 4.69. The third kappa shape index (κ3) is 9.99. The van der Waals surface area contributed by atoms with E-state index in [2.05, 4.69) is 39.2 Å². The number of halogens is 3. The first-order valence-electron chi connectivity index (χ1n) is 14.6. The van der Waals surface area contributed by atoms with E-state index in [1.54, 1.807) is 30.6 Å². The van der Waals surface area contributed by atoms with Crippen molar-refractivity contribution in [1.29, 1.82) is 0 Å². The second-order valence-corrected chi connectivity index (χ2v) is 14.1. The summed E-state index contributed by atoms with van der Waals surface area (Å²) in [5, 5.41) is 41.4. The standard InChI is InChI=1S/C16H10ClN5O2S.C8H7ClN2O5S.C7H6ClN3/c17-15-9(4-5-13-12(15)8-18-20-13)7-14-19-16(21-25-14)10-2-1-3-11(6-10)22(23)24;1-17(14,15)16-10-8(9)6-3-2-4-7(5-6)11(12)13;8-7-4-3-10-11-6(4)2-1-5(7)9/h1-6,8H,7H2,(H,18,20);2-5H,1H3;1-3H,9H2,(H,10,11)/b;10-8+;. The van der Waals surface area contributed by atoms with Gasteiger partial charge in [0.1, 0.15) is 5.01 Å². The Labute approximate surface area is 317 Å². The summed E-state index contributed by atoms with van der Waals surface area (Å²) in [4.78, 5) is 24.8. The van der Waals surface area contributed by atoms with Crippen LogP contribution in [0.25, 0.3) is 33.2 Å². The molecule has 22 heteroatoms. The first-order chi connectivity index (χ1) is 25.2. The molecule has 0 spiro atoms. The van der Waals surface area contributed by atoms with Gasteiger partial charge in [0.2, 0.25) is 0 Å². The van der Waals surface area contributed by atoms with Gasteiger partial charge < -0.3 is 5.73 Å². The number of fused-ring (bicyclic) bond motifs is 2. The largest absolute Gasteiger partial charge is 0.398 e. The summed E-state index contributed by atoms with van der Waals surface area (Å²) >= 11 is 19.2. The molecule has 53 heavy (non-hydrogen) atoms. The van der Waals surface area contributed by atoms with E-state index in [9.17, 15) is 28.6 Å². The molecule has 3 aromatic heterocycles. The van der Waals surface area contributed by atoms with Gasteiger partial charge in [0.25, 0.3) is 11.4 Å². The molecule has 0 aliphatic rings. The van der Waals surface area contributed by atoms with E-state index in [-0.39, 0.29) is 22.1 Å². The molecule has 17 nitrogen and oxygen atoms in total. The van der Waals surface area contributed by atoms with Crippen molar-refractivity contribution >= 4 is 100 Å². The molecule has 0 saturated heterocycles. The maximum absolute atomic E-state index is 10.9. The van der Waals surface area contributed by atoms with Crippen LogP contribution < -0.4 is 5.73 Å². The zero-order valence-electron chi connectivity index (χ0n) is 26.8. The minimum absolute atomic E-state index is 0.0160. The number of nitrogen functional groups attached to an aromatic ring is 1. The van der Waals surface area contributed by atoms with Crippen molar-refractivity contribution in [3.8, 4) is 11.4 Å². The van der Waals surface area contributed by atoms with Gasteiger partial charge >= 0.3 is 10.1 Å². The molecule has 0 amide bonds. The normalized spacial score (nSPS) is 11.4. The first-order valence-corrected chi connectivity index (χ1v) is 18.3. The fourth-order valence-electron chi connectivity index (χ4n) is 4.43. The quantitative estimate of drug-likeness (QED) is 0.0583. The number of oxime groups is 1. The van der Waals surface area contributed by atoms with Crippen LogP contribution in [0.4, 0.5) is 17.1 Å². The number of aromatic amines is 2. The molecular weight excluding hydrogens is 795 g/mol. The van der Waals surface area contributed by atoms with Crippen molar-refractivity contribution in [3.05, 3.63) is 132 Å². The molecule has 272 valence electrons. The van der Waals surface area contributed by atoms with E-state index in [0.29, 0.717) is 33.5 Å². The van der Waals surface area contributed by atoms with Gasteiger partial charge in [0.15, 0.2) is 11.0 Å². The number of nitro groups is 2. The van der Waals surface area contributed by atoms with Gasteiger partial charge in [-0.15, -0.1) is 0 Å². The molecular formula is C31H23Cl3N10O7S2. The number of H-pyrrole nitrogens is 2. The molecule has 0 unspecified atom stereocenters. The second kappa shape index (κ2) is 16.7. The summed E-state index contributed by atoms with van der Waals surface area (Å²) in [7, 11) is -3.76. The van der Waals surface area contributed by atoms with Crippen LogP contribution in [-0.4, -0.2) is 59.4 Å². The third-order valence-corrected chi connectivity index (χ3v) is 9.11. The smallest absolute Gasteiger partial charge is 0.325 e. The maximum Gasteiger partial charge on any atom is 0.325 e. The van der Waals surface area contributed by atoms with Crippen LogP contribution in [0.2, 0.25) is 10.0 Å². The molecule has 0 fully saturated rings. The monoisotopic (exact) mass is 816 g/mol. The Morgan fingerprint density at radius 1 is 0.906 bits per heavy atom. The molecule has 0 atom stereocenters. The number of nitrogens with one attached hydrogen (secondary N) is 2. The zero-order chi connectivity index (χ0) is 38.3. The molecule has 4 aromatic carbocycles. The molecule has 4 N–H and O–H groups in total. The number of aromatic nitrogens is 6. The van der Waals surface area contributed by atoms with Crippen LogP contribution in [0.1, 0.15) is 16.1 Å². The number of rotatable bonds is 8. The summed E-state index contributed by atoms with van der Waals surface area (Å²) in [6, 6.07) is 19.0. The van der Waals surface area contributed by atoms with Crippen LogP contribution in [0.3, 0.4) is 0 Å². The Kier molecular flexibility index (Phi) is 12.2. The molecule has 0 bridgehead atoms. The lowest BCUT2D eigenvalue weighted by Crippen LogP contribution is -2.00. The Hall–Kier alpha value is -5.73. The number of benzene rings is 4. The molecule has 0 saturated carbocycles. The third-order valence-electron chi connectivity index (χ3n) is 6.90. The Balaban J connectivity index is 0.000000167. The average Bonchev–Trinajstić information content (AvgIpc) is 3.93. The number of non-ortho nitro benzene ring substituents is 2. The lowest BCUT2D eigenvalue weighted by Gasteiger charge is -2.02. The van der Waals surface area contributed by atoms with Gasteiger partial charge in [-0.25, -0.2) is 4.98 Å². The number of anilines is 1. The summed E-state index contributed by atoms with van der Waals surface area (Å²) < 4.78 is 29.7. The Morgan fingerprint density at radius 3 is 2.15 bits per heavy atom. The molecule has 0 radical (unpaired) electrons. The van der Waals surface area contributed by atoms with Gasteiger partial charge in [-0.05, 0) is 35.3 Å². The number of hydrogen-bond donors (Lipinski definition) is 3. The van der Waals surface area contributed by atoms with Crippen molar-refractivity contribution in [3.63, 3.8) is 0 Å². The lowest BCUT2D eigenvalue weighted by molar-refractivity contribution is -0.385. The number of nitrogens with two attached hydrogens (primary N) is 1. The molecule has 0 aliphatic carbocycles. The van der Waals surface area contributed by atoms with Crippen molar-refractivity contribution in [2.24, 2.45) is 5.16 Å². The average molecular weight is 818 g/mol. The number of hydrogen-bond acceptors (Lipinski definition) is 14. The van der Waals surface area contributed by atoms with Crippen molar-refractivity contribution in [2.45, 2.75) is 6.42 Å². The number of nitrogens with zero attached hydrogens (tertiary/aromatic N) is 7. The predicted octanol–water partition coefficient (Wildman–Crippen LogP) is 7.50. The Morgan fingerprint density at radius 2 is 1.51 bits per heavy atom. The van der Waals surface area contributed by atoms with Crippen LogP contribution in [0, 0.1) is 20.2 Å². The van der Waals surface area contributed by atoms with E-state index in [1.807, 2.05) is 18.2 Å². The summed E-state index contributed by atoms with van der Waals surface area (Å²) in [5.74, 6) is 0.476. The highest BCUT2D eigenvalue weighted by Gasteiger charge is 2.14. The molecule has 0 aliphatic heterocycles. The van der Waals surface area contributed by atoms with Crippen molar-refractivity contribution < 1.29 is 22.5 Å². The minimum Gasteiger partial charge on any atom is -0.398 e. The van der Waals surface area contributed by atoms with E-state index < -0.39 is 20.0 Å². The second-order valence-electron chi connectivity index (χ2n) is 10.6. The topological polar surface area (TPSA) is 251 Å². The molecule has 3 heterocycles. The highest BCUT2D eigenvalue weighted by molar-refractivity contribution is 7.85. The number of nitro benzene ring substituents is 2. The van der Waals surface area contributed by atoms with Gasteiger partial charge in [-0.3, -0.25) is 34.7 Å². The van der Waals surface area contributed by atoms with E-state index >= 15 is 0 Å². The summed E-state index contributed by atoms with van der Waals surface area (Å²) in [5.41, 5.74) is 9.50. The van der Waals surface area contributed by atoms with E-state index in [4.69, 9.17) is 40.5 Å². The van der Waals surface area contributed by atoms with Crippen LogP contribution in [0.5, 0.6) is 0 Å². The van der Waals surface area contributed by atoms with Gasteiger partial charge in [-0.1, -0.05) is 70.3 Å². The highest BCUT2D eigenvalue weighted by atomic mass is 35.5. The van der Waals surface area contributed by atoms with E-state index in [0.717, 1.165) is 44.7 Å². The van der Waals surface area contributed by atoms with Crippen LogP contribution >= 0.6 is 46.3 Å². The van der Waals surface area contributed by atoms with Crippen LogP contribution in [-0.2, 0) is 20.8 Å². The molecule has 7 rings (SSSR count). The van der Waals surface area contributed by atoms with Gasteiger partial charge in [0, 0.05) is 52.6 Å². The highest BCUT2D eigenvalue weighted by Crippen LogP contribution is 2.30. The fraction of sp³-hybridized carbons (Fsp3) is 0.0645. The summed E-state index contributed by atoms with van der Waals surface area (Å²) in [6.45, 7) is 0. The van der Waals surface area contributed by atoms with E-state index in [1.165, 1.54) is 41.9 Å². The first kappa shape index (κ1) is 38.5. The Bertz CT molecular complexity index is 2590. The van der Waals surface area contributed by atoms with Crippen molar-refractivity contribution in [2.75, 3.05) is 12.0 Å². The zero-order valence-corrected chi connectivity index (χ0v) is 30.7. The lowest BCUT2D eigenvalue weighted by atomic mass is 10.1. The fourth-order valence-corrected chi connectivity index (χ4v) is 6.01. The predicted molar refractivity (Wildman–Crippen MR) is 203 cm³/mol. The van der Waals surface area contributed by atoms with Crippen LogP contribution in [0.15, 0.2) is 90.3 Å². The minimum atomic E-state index is -3.76. The maximum atomic E-state index is 10.9. The molecule has 7 aromatic rings. The van der Waals surface area contributed by atoms with Gasteiger partial charge in [-0.2, -0.15) is 23.0 Å². The van der Waals surface area contributed by atoms with Gasteiger partial charge in [0.05, 0.1) is 55.3 Å².